The van der Waals surface area contributed by atoms with Gasteiger partial charge in [-0.3, -0.25) is 4.90 Å². The van der Waals surface area contributed by atoms with Crippen molar-refractivity contribution in [1.29, 1.82) is 0 Å². The third-order valence-corrected chi connectivity index (χ3v) is 4.91. The fourth-order valence-electron chi connectivity index (χ4n) is 3.54. The summed E-state index contributed by atoms with van der Waals surface area (Å²) < 4.78 is 5.37. The van der Waals surface area contributed by atoms with Gasteiger partial charge in [-0.25, -0.2) is 4.79 Å². The second-order valence-electron chi connectivity index (χ2n) is 6.45. The van der Waals surface area contributed by atoms with Gasteiger partial charge < -0.3 is 15.0 Å². The summed E-state index contributed by atoms with van der Waals surface area (Å²) in [6, 6.07) is 8.58. The van der Waals surface area contributed by atoms with Crippen LogP contribution in [0.1, 0.15) is 24.8 Å². The molecule has 130 valence electrons. The van der Waals surface area contributed by atoms with Gasteiger partial charge in [-0.05, 0) is 25.3 Å². The second kappa shape index (κ2) is 8.20. The Bertz CT molecular complexity index is 580. The number of rotatable bonds is 5. The number of piperidine rings is 1. The summed E-state index contributed by atoms with van der Waals surface area (Å²) in [5, 5.41) is 2.95. The number of amides is 2. The van der Waals surface area contributed by atoms with E-state index < -0.39 is 0 Å². The molecule has 3 rings (SSSR count). The minimum absolute atomic E-state index is 0.121. The highest BCUT2D eigenvalue weighted by Gasteiger charge is 2.28. The Morgan fingerprint density at radius 1 is 1.25 bits per heavy atom. The lowest BCUT2D eigenvalue weighted by Crippen LogP contribution is -2.54. The SMILES string of the molecule is COc1ccccc1C=CCN1CCC(N2CCCNC2=O)CC1. The first-order valence-electron chi connectivity index (χ1n) is 8.84. The van der Waals surface area contributed by atoms with Crippen LogP contribution in [0, 0.1) is 0 Å². The van der Waals surface area contributed by atoms with Crippen molar-refractivity contribution in [3.05, 3.63) is 35.9 Å². The third-order valence-electron chi connectivity index (χ3n) is 4.91. The monoisotopic (exact) mass is 329 g/mol. The first kappa shape index (κ1) is 16.8. The van der Waals surface area contributed by atoms with Gasteiger partial charge in [-0.15, -0.1) is 0 Å². The largest absolute Gasteiger partial charge is 0.496 e. The van der Waals surface area contributed by atoms with Gasteiger partial charge in [0.15, 0.2) is 0 Å². The van der Waals surface area contributed by atoms with Crippen LogP contribution in [-0.4, -0.2) is 61.7 Å². The molecule has 0 saturated carbocycles. The van der Waals surface area contributed by atoms with Gasteiger partial charge in [0.1, 0.15) is 5.75 Å². The van der Waals surface area contributed by atoms with Crippen LogP contribution >= 0.6 is 0 Å². The number of carbonyl (C=O) groups is 1. The molecule has 2 aliphatic heterocycles. The molecule has 0 aliphatic carbocycles. The van der Waals surface area contributed by atoms with E-state index in [0.29, 0.717) is 6.04 Å². The highest BCUT2D eigenvalue weighted by molar-refractivity contribution is 5.75. The summed E-state index contributed by atoms with van der Waals surface area (Å²) in [7, 11) is 1.70. The van der Waals surface area contributed by atoms with Crippen molar-refractivity contribution in [2.45, 2.75) is 25.3 Å². The number of para-hydroxylation sites is 1. The molecule has 2 amide bonds. The number of hydrogen-bond acceptors (Lipinski definition) is 3. The number of nitrogens with one attached hydrogen (secondary N) is 1. The van der Waals surface area contributed by atoms with E-state index in [1.54, 1.807) is 7.11 Å². The van der Waals surface area contributed by atoms with Gasteiger partial charge in [-0.1, -0.05) is 30.4 Å². The highest BCUT2D eigenvalue weighted by Crippen LogP contribution is 2.20. The third kappa shape index (κ3) is 4.09. The van der Waals surface area contributed by atoms with Crippen LogP contribution in [0.3, 0.4) is 0 Å². The van der Waals surface area contributed by atoms with Crippen molar-refractivity contribution >= 4 is 12.1 Å². The zero-order valence-electron chi connectivity index (χ0n) is 14.4. The summed E-state index contributed by atoms with van der Waals surface area (Å²) in [5.41, 5.74) is 1.11. The topological polar surface area (TPSA) is 44.8 Å². The van der Waals surface area contributed by atoms with E-state index in [1.165, 1.54) is 0 Å². The molecule has 2 saturated heterocycles. The smallest absolute Gasteiger partial charge is 0.317 e. The van der Waals surface area contributed by atoms with E-state index in [2.05, 4.69) is 28.4 Å². The van der Waals surface area contributed by atoms with Gasteiger partial charge in [-0.2, -0.15) is 0 Å². The number of hydrogen-bond donors (Lipinski definition) is 1. The summed E-state index contributed by atoms with van der Waals surface area (Å²) >= 11 is 0. The number of methoxy groups -OCH3 is 1. The normalized spacial score (nSPS) is 20.4. The molecule has 1 aromatic carbocycles. The van der Waals surface area contributed by atoms with Gasteiger partial charge in [0.25, 0.3) is 0 Å². The molecular weight excluding hydrogens is 302 g/mol. The lowest BCUT2D eigenvalue weighted by Gasteiger charge is -2.40. The number of ether oxygens (including phenoxy) is 1. The molecule has 2 fully saturated rings. The fourth-order valence-corrected chi connectivity index (χ4v) is 3.54. The second-order valence-corrected chi connectivity index (χ2v) is 6.45. The van der Waals surface area contributed by atoms with Crippen molar-refractivity contribution in [1.82, 2.24) is 15.1 Å². The fraction of sp³-hybridized carbons (Fsp3) is 0.526. The van der Waals surface area contributed by atoms with Crippen LogP contribution in [0.2, 0.25) is 0 Å². The Balaban J connectivity index is 1.47. The number of likely N-dealkylation sites (tertiary alicyclic amines) is 1. The molecule has 0 unspecified atom stereocenters. The Hall–Kier alpha value is -2.01. The molecule has 0 atom stereocenters. The number of carbonyl (C=O) groups excluding carboxylic acids is 1. The lowest BCUT2D eigenvalue weighted by atomic mass is 10.0. The zero-order valence-corrected chi connectivity index (χ0v) is 14.4. The van der Waals surface area contributed by atoms with Crippen LogP contribution in [0.25, 0.3) is 6.08 Å². The minimum atomic E-state index is 0.121. The molecule has 0 bridgehead atoms. The van der Waals surface area contributed by atoms with E-state index >= 15 is 0 Å². The van der Waals surface area contributed by atoms with E-state index in [1.807, 2.05) is 23.1 Å². The lowest BCUT2D eigenvalue weighted by molar-refractivity contribution is 0.116. The van der Waals surface area contributed by atoms with Gasteiger partial charge in [0.2, 0.25) is 0 Å². The molecule has 2 heterocycles. The molecule has 5 heteroatoms. The molecular formula is C19H27N3O2. The summed E-state index contributed by atoms with van der Waals surface area (Å²) in [5.74, 6) is 0.906. The first-order chi connectivity index (χ1) is 11.8. The Morgan fingerprint density at radius 2 is 2.04 bits per heavy atom. The van der Waals surface area contributed by atoms with Gasteiger partial charge in [0, 0.05) is 44.3 Å². The Morgan fingerprint density at radius 3 is 2.79 bits per heavy atom. The molecule has 5 nitrogen and oxygen atoms in total. The highest BCUT2D eigenvalue weighted by atomic mass is 16.5. The number of nitrogens with zero attached hydrogens (tertiary/aromatic N) is 2. The maximum absolute atomic E-state index is 11.9. The average Bonchev–Trinajstić information content (AvgIpc) is 2.63. The Kier molecular flexibility index (Phi) is 5.75. The summed E-state index contributed by atoms with van der Waals surface area (Å²) in [6.07, 6.45) is 7.52. The van der Waals surface area contributed by atoms with Crippen LogP contribution in [0.4, 0.5) is 4.79 Å². The standard InChI is InChI=1S/C19H27N3O2/c1-24-18-8-3-2-6-16(18)7-4-12-21-14-9-17(10-15-21)22-13-5-11-20-19(22)23/h2-4,6-8,17H,5,9-15H2,1H3,(H,20,23). The molecule has 1 aromatic rings. The summed E-state index contributed by atoms with van der Waals surface area (Å²) in [4.78, 5) is 16.4. The van der Waals surface area contributed by atoms with Crippen LogP contribution < -0.4 is 10.1 Å². The molecule has 0 radical (unpaired) electrons. The van der Waals surface area contributed by atoms with E-state index in [-0.39, 0.29) is 6.03 Å². The average molecular weight is 329 g/mol. The van der Waals surface area contributed by atoms with Gasteiger partial charge in [0.05, 0.1) is 7.11 Å². The Labute approximate surface area is 144 Å². The predicted molar refractivity (Wildman–Crippen MR) is 96.2 cm³/mol. The minimum Gasteiger partial charge on any atom is -0.496 e. The summed E-state index contributed by atoms with van der Waals surface area (Å²) in [6.45, 7) is 4.76. The zero-order chi connectivity index (χ0) is 16.8. The molecule has 0 aromatic heterocycles. The van der Waals surface area contributed by atoms with E-state index in [4.69, 9.17) is 4.74 Å². The maximum atomic E-state index is 11.9. The van der Waals surface area contributed by atoms with Crippen LogP contribution in [0.5, 0.6) is 5.75 Å². The van der Waals surface area contributed by atoms with Crippen molar-refractivity contribution in [3.63, 3.8) is 0 Å². The van der Waals surface area contributed by atoms with Crippen molar-refractivity contribution in [3.8, 4) is 5.75 Å². The maximum Gasteiger partial charge on any atom is 0.317 e. The molecule has 24 heavy (non-hydrogen) atoms. The molecule has 0 spiro atoms. The van der Waals surface area contributed by atoms with Crippen LogP contribution in [-0.2, 0) is 0 Å². The predicted octanol–water partition coefficient (Wildman–Crippen LogP) is 2.59. The number of benzene rings is 1. The van der Waals surface area contributed by atoms with Crippen molar-refractivity contribution in [2.75, 3.05) is 39.8 Å². The molecule has 2 aliphatic rings. The quantitative estimate of drug-likeness (QED) is 0.903. The van der Waals surface area contributed by atoms with Crippen molar-refractivity contribution in [2.24, 2.45) is 0 Å². The van der Waals surface area contributed by atoms with E-state index in [0.717, 1.165) is 63.3 Å². The van der Waals surface area contributed by atoms with E-state index in [9.17, 15) is 4.79 Å². The van der Waals surface area contributed by atoms with Crippen LogP contribution in [0.15, 0.2) is 30.3 Å². The van der Waals surface area contributed by atoms with Gasteiger partial charge >= 0.3 is 6.03 Å². The number of urea groups is 1. The first-order valence-corrected chi connectivity index (χ1v) is 8.84. The molecule has 1 N–H and O–H groups in total. The van der Waals surface area contributed by atoms with Crippen molar-refractivity contribution < 1.29 is 9.53 Å².